The Kier molecular flexibility index (Phi) is 5.00. The molecule has 0 aliphatic rings. The first-order valence-electron chi connectivity index (χ1n) is 4.35. The minimum atomic E-state index is 0.808. The third-order valence-electron chi connectivity index (χ3n) is 1.52. The summed E-state index contributed by atoms with van der Waals surface area (Å²) in [5.41, 5.74) is 0. The lowest BCUT2D eigenvalue weighted by molar-refractivity contribution is 0.112. The molecule has 2 heterocycles. The summed E-state index contributed by atoms with van der Waals surface area (Å²) in [7, 11) is 1.86. The van der Waals surface area contributed by atoms with Crippen LogP contribution in [0.1, 0.15) is 14.5 Å². The monoisotopic (exact) mass is 240 g/mol. The number of aryl methyl sites for hydroxylation is 1. The van der Waals surface area contributed by atoms with Crippen LogP contribution < -0.4 is 5.32 Å². The second kappa shape index (κ2) is 6.31. The third kappa shape index (κ3) is 4.22. The van der Waals surface area contributed by atoms with Crippen LogP contribution in [0.25, 0.3) is 0 Å². The van der Waals surface area contributed by atoms with Gasteiger partial charge in [-0.15, -0.1) is 22.7 Å². The van der Waals surface area contributed by atoms with E-state index in [1.165, 1.54) is 16.2 Å². The Hall–Kier alpha value is -1.20. The Morgan fingerprint density at radius 3 is 2.53 bits per heavy atom. The predicted octanol–water partition coefficient (Wildman–Crippen LogP) is 3.05. The van der Waals surface area contributed by atoms with Crippen molar-refractivity contribution in [2.24, 2.45) is 0 Å². The van der Waals surface area contributed by atoms with E-state index in [0.717, 1.165) is 16.3 Å². The van der Waals surface area contributed by atoms with Gasteiger partial charge < -0.3 is 5.32 Å². The Morgan fingerprint density at radius 1 is 1.47 bits per heavy atom. The molecule has 0 saturated carbocycles. The van der Waals surface area contributed by atoms with Crippen LogP contribution in [-0.4, -0.2) is 18.3 Å². The number of hydrogen-bond donors (Lipinski definition) is 1. The standard InChI is InChI=1S/C6H6OS.C4H6N2S/c1-5-2-3-6(4-7)8-5;1-5-4-6-2-3-7-4/h2-4H,1H3;2-3H,1H3,(H,5,6). The highest BCUT2D eigenvalue weighted by molar-refractivity contribution is 7.13. The number of rotatable bonds is 2. The van der Waals surface area contributed by atoms with Crippen molar-refractivity contribution in [1.82, 2.24) is 4.98 Å². The molecule has 0 saturated heterocycles. The fourth-order valence-corrected chi connectivity index (χ4v) is 2.05. The fraction of sp³-hybridized carbons (Fsp3) is 0.200. The number of aromatic nitrogens is 1. The molecule has 1 N–H and O–H groups in total. The normalized spacial score (nSPS) is 8.93. The number of nitrogens with one attached hydrogen (secondary N) is 1. The van der Waals surface area contributed by atoms with Gasteiger partial charge in [0.2, 0.25) is 0 Å². The summed E-state index contributed by atoms with van der Waals surface area (Å²) in [5, 5.41) is 5.82. The number of carbonyl (C=O) groups is 1. The molecule has 0 bridgehead atoms. The SMILES string of the molecule is CNc1nccs1.Cc1ccc(C=O)s1. The third-order valence-corrected chi connectivity index (χ3v) is 3.24. The van der Waals surface area contributed by atoms with E-state index in [9.17, 15) is 4.79 Å². The summed E-state index contributed by atoms with van der Waals surface area (Å²) in [5.74, 6) is 0. The van der Waals surface area contributed by atoms with E-state index in [0.29, 0.717) is 0 Å². The zero-order valence-electron chi connectivity index (χ0n) is 8.56. The van der Waals surface area contributed by atoms with Crippen LogP contribution in [0.5, 0.6) is 0 Å². The number of hydrogen-bond acceptors (Lipinski definition) is 5. The first-order valence-corrected chi connectivity index (χ1v) is 6.04. The van der Waals surface area contributed by atoms with Crippen LogP contribution in [0.4, 0.5) is 5.13 Å². The predicted molar refractivity (Wildman–Crippen MR) is 66.1 cm³/mol. The molecule has 80 valence electrons. The van der Waals surface area contributed by atoms with Crippen LogP contribution in [0.3, 0.4) is 0 Å². The summed E-state index contributed by atoms with van der Waals surface area (Å²) in [6.45, 7) is 1.98. The van der Waals surface area contributed by atoms with E-state index < -0.39 is 0 Å². The molecular weight excluding hydrogens is 228 g/mol. The first kappa shape index (κ1) is 11.9. The number of carbonyl (C=O) groups excluding carboxylic acids is 1. The maximum atomic E-state index is 10.0. The molecule has 0 atom stereocenters. The van der Waals surface area contributed by atoms with Gasteiger partial charge in [0.05, 0.1) is 4.88 Å². The second-order valence-electron chi connectivity index (χ2n) is 2.65. The average Bonchev–Trinajstić information content (AvgIpc) is 2.88. The lowest BCUT2D eigenvalue weighted by atomic mass is 10.5. The van der Waals surface area contributed by atoms with Crippen LogP contribution in [0.2, 0.25) is 0 Å². The highest BCUT2D eigenvalue weighted by Gasteiger charge is 1.90. The van der Waals surface area contributed by atoms with Crippen LogP contribution in [0.15, 0.2) is 23.7 Å². The van der Waals surface area contributed by atoms with Gasteiger partial charge in [0, 0.05) is 23.5 Å². The topological polar surface area (TPSA) is 42.0 Å². The Morgan fingerprint density at radius 2 is 2.27 bits per heavy atom. The van der Waals surface area contributed by atoms with Crippen molar-refractivity contribution < 1.29 is 4.79 Å². The summed E-state index contributed by atoms with van der Waals surface area (Å²) in [6.07, 6.45) is 2.65. The van der Waals surface area contributed by atoms with Gasteiger partial charge >= 0.3 is 0 Å². The van der Waals surface area contributed by atoms with Crippen molar-refractivity contribution in [2.45, 2.75) is 6.92 Å². The summed E-state index contributed by atoms with van der Waals surface area (Å²) >= 11 is 3.12. The quantitative estimate of drug-likeness (QED) is 0.820. The summed E-state index contributed by atoms with van der Waals surface area (Å²) in [6, 6.07) is 3.77. The second-order valence-corrected chi connectivity index (χ2v) is 4.87. The molecule has 0 unspecified atom stereocenters. The Bertz CT molecular complexity index is 395. The van der Waals surface area contributed by atoms with Gasteiger partial charge in [0.15, 0.2) is 11.4 Å². The van der Waals surface area contributed by atoms with E-state index in [1.807, 2.05) is 31.5 Å². The largest absolute Gasteiger partial charge is 0.365 e. The zero-order valence-corrected chi connectivity index (χ0v) is 10.2. The number of thiazole rings is 1. The molecule has 0 aliphatic heterocycles. The Balaban J connectivity index is 0.000000151. The van der Waals surface area contributed by atoms with Gasteiger partial charge in [0.1, 0.15) is 0 Å². The molecule has 0 radical (unpaired) electrons. The molecule has 0 spiro atoms. The number of anilines is 1. The molecule has 2 rings (SSSR count). The minimum absolute atomic E-state index is 0.808. The maximum Gasteiger partial charge on any atom is 0.182 e. The molecule has 15 heavy (non-hydrogen) atoms. The van der Waals surface area contributed by atoms with Crippen LogP contribution in [-0.2, 0) is 0 Å². The van der Waals surface area contributed by atoms with Gasteiger partial charge in [-0.05, 0) is 19.1 Å². The zero-order chi connectivity index (χ0) is 11.1. The molecule has 0 aromatic carbocycles. The van der Waals surface area contributed by atoms with Crippen LogP contribution in [0, 0.1) is 6.92 Å². The summed E-state index contributed by atoms with van der Waals surface area (Å²) in [4.78, 5) is 16.0. The summed E-state index contributed by atoms with van der Waals surface area (Å²) < 4.78 is 0. The van der Waals surface area contributed by atoms with Gasteiger partial charge in [0.25, 0.3) is 0 Å². The molecule has 2 aromatic rings. The molecule has 5 heteroatoms. The van der Waals surface area contributed by atoms with Gasteiger partial charge in [-0.3, -0.25) is 4.79 Å². The number of aldehydes is 1. The number of thiophene rings is 1. The Labute approximate surface area is 96.8 Å². The highest BCUT2D eigenvalue weighted by Crippen LogP contribution is 2.11. The van der Waals surface area contributed by atoms with Crippen molar-refractivity contribution in [3.63, 3.8) is 0 Å². The lowest BCUT2D eigenvalue weighted by Gasteiger charge is -1.84. The molecule has 0 amide bonds. The van der Waals surface area contributed by atoms with Crippen molar-refractivity contribution in [2.75, 3.05) is 12.4 Å². The average molecular weight is 240 g/mol. The van der Waals surface area contributed by atoms with Crippen molar-refractivity contribution in [1.29, 1.82) is 0 Å². The highest BCUT2D eigenvalue weighted by atomic mass is 32.1. The molecule has 0 fully saturated rings. The van der Waals surface area contributed by atoms with Crippen LogP contribution >= 0.6 is 22.7 Å². The lowest BCUT2D eigenvalue weighted by Crippen LogP contribution is -1.83. The smallest absolute Gasteiger partial charge is 0.182 e. The van der Waals surface area contributed by atoms with Crippen molar-refractivity contribution >= 4 is 34.1 Å². The molecule has 3 nitrogen and oxygen atoms in total. The van der Waals surface area contributed by atoms with E-state index in [1.54, 1.807) is 17.5 Å². The van der Waals surface area contributed by atoms with Crippen molar-refractivity contribution in [3.05, 3.63) is 33.5 Å². The minimum Gasteiger partial charge on any atom is -0.365 e. The molecule has 0 aliphatic carbocycles. The number of nitrogens with zero attached hydrogens (tertiary/aromatic N) is 1. The van der Waals surface area contributed by atoms with Crippen molar-refractivity contribution in [3.8, 4) is 0 Å². The molecular formula is C10H12N2OS2. The fourth-order valence-electron chi connectivity index (χ4n) is 0.864. The van der Waals surface area contributed by atoms with Gasteiger partial charge in [-0.25, -0.2) is 4.98 Å². The van der Waals surface area contributed by atoms with E-state index in [4.69, 9.17) is 0 Å². The molecule has 2 aromatic heterocycles. The van der Waals surface area contributed by atoms with Gasteiger partial charge in [-0.2, -0.15) is 0 Å². The first-order chi connectivity index (χ1) is 7.26. The van der Waals surface area contributed by atoms with E-state index >= 15 is 0 Å². The van der Waals surface area contributed by atoms with E-state index in [-0.39, 0.29) is 0 Å². The van der Waals surface area contributed by atoms with E-state index in [2.05, 4.69) is 10.3 Å². The maximum absolute atomic E-state index is 10.0. The van der Waals surface area contributed by atoms with Gasteiger partial charge in [-0.1, -0.05) is 0 Å².